The molecule has 0 aromatic carbocycles. The van der Waals surface area contributed by atoms with Crippen LogP contribution in [0.3, 0.4) is 0 Å². The summed E-state index contributed by atoms with van der Waals surface area (Å²) in [7, 11) is -14.4. The molecule has 3 rings (SSSR count). The summed E-state index contributed by atoms with van der Waals surface area (Å²) in [4.78, 5) is 40.1. The highest BCUT2D eigenvalue weighted by atomic mass is 32.1. The molecule has 0 bridgehead atoms. The van der Waals surface area contributed by atoms with Crippen molar-refractivity contribution in [3.63, 3.8) is 0 Å². The van der Waals surface area contributed by atoms with Crippen molar-refractivity contribution in [2.75, 3.05) is 41.9 Å². The van der Waals surface area contributed by atoms with Crippen LogP contribution in [0.15, 0.2) is 4.99 Å². The van der Waals surface area contributed by atoms with Gasteiger partial charge in [0.1, 0.15) is 29.8 Å². The zero-order valence-corrected chi connectivity index (χ0v) is 23.4. The predicted molar refractivity (Wildman–Crippen MR) is 137 cm³/mol. The molecule has 3 heterocycles. The van der Waals surface area contributed by atoms with Gasteiger partial charge in [0, 0.05) is 17.7 Å². The van der Waals surface area contributed by atoms with E-state index in [4.69, 9.17) is 33.3 Å². The molecule has 0 radical (unpaired) electrons. The minimum atomic E-state index is -5.43. The second kappa shape index (κ2) is 13.2. The second-order valence-corrected chi connectivity index (χ2v) is 12.3. The normalized spacial score (nSPS) is 25.8. The molecule has 7 atom stereocenters. The maximum atomic E-state index is 12.0. The molecule has 1 aromatic heterocycles. The number of hydrogen-bond donors (Lipinski definition) is 10. The number of H-pyrrole nitrogens is 1. The van der Waals surface area contributed by atoms with Crippen molar-refractivity contribution in [3.8, 4) is 0 Å². The Morgan fingerprint density at radius 3 is 2.67 bits per heavy atom. The summed E-state index contributed by atoms with van der Waals surface area (Å²) in [6, 6.07) is 0. The summed E-state index contributed by atoms with van der Waals surface area (Å²) in [6.07, 6.45) is -4.35. The van der Waals surface area contributed by atoms with Gasteiger partial charge in [-0.15, -0.1) is 4.89 Å². The molecule has 24 heteroatoms. The first-order valence-electron chi connectivity index (χ1n) is 11.0. The lowest BCUT2D eigenvalue weighted by Gasteiger charge is -2.27. The molecular formula is C15H28N8O12P3S+. The lowest BCUT2D eigenvalue weighted by atomic mass is 10.1. The Balaban J connectivity index is 1.63. The summed E-state index contributed by atoms with van der Waals surface area (Å²) in [5.74, 6) is 0.709. The zero-order valence-electron chi connectivity index (χ0n) is 19.9. The van der Waals surface area contributed by atoms with Crippen molar-refractivity contribution >= 4 is 59.5 Å². The summed E-state index contributed by atoms with van der Waals surface area (Å²) < 4.78 is 51.9. The highest BCUT2D eigenvalue weighted by Gasteiger charge is 2.49. The fraction of sp³-hybridized carbons (Fsp3) is 0.667. The second-order valence-electron chi connectivity index (χ2n) is 8.04. The van der Waals surface area contributed by atoms with Gasteiger partial charge in [-0.3, -0.25) is 14.4 Å². The molecule has 1 saturated heterocycles. The lowest BCUT2D eigenvalue weighted by molar-refractivity contribution is -0.0214. The third-order valence-electron chi connectivity index (χ3n) is 5.21. The van der Waals surface area contributed by atoms with Crippen LogP contribution in [-0.2, 0) is 31.6 Å². The molecule has 2 aliphatic heterocycles. The molecule has 12 N–H and O–H groups in total. The van der Waals surface area contributed by atoms with Crippen LogP contribution in [0.1, 0.15) is 12.8 Å². The van der Waals surface area contributed by atoms with E-state index in [1.54, 1.807) is 0 Å². The molecule has 220 valence electrons. The number of guanidine groups is 1. The van der Waals surface area contributed by atoms with Crippen LogP contribution in [0, 0.1) is 4.64 Å². The van der Waals surface area contributed by atoms with Crippen molar-refractivity contribution in [3.05, 3.63) is 4.64 Å². The van der Waals surface area contributed by atoms with Crippen molar-refractivity contribution in [1.29, 1.82) is 0 Å². The first-order valence-corrected chi connectivity index (χ1v) is 15.5. The minimum absolute atomic E-state index is 0.0108. The quantitative estimate of drug-likeness (QED) is 0.0390. The number of aliphatic hydroxyl groups excluding tert-OH is 2. The fourth-order valence-corrected chi connectivity index (χ4v) is 6.50. The average Bonchev–Trinajstić information content (AvgIpc) is 3.34. The molecule has 1 fully saturated rings. The maximum Gasteiger partial charge on any atom is 0.705 e. The number of unbranched alkanes of at least 4 members (excludes halogenated alkanes) is 1. The highest BCUT2D eigenvalue weighted by Crippen LogP contribution is 2.63. The number of anilines is 3. The van der Waals surface area contributed by atoms with Crippen LogP contribution in [0.2, 0.25) is 0 Å². The van der Waals surface area contributed by atoms with Gasteiger partial charge >= 0.3 is 23.9 Å². The van der Waals surface area contributed by atoms with Crippen LogP contribution in [0.25, 0.3) is 0 Å². The van der Waals surface area contributed by atoms with Crippen LogP contribution < -0.4 is 27.0 Å². The Morgan fingerprint density at radius 2 is 2.00 bits per heavy atom. The summed E-state index contributed by atoms with van der Waals surface area (Å²) >= 11 is 5.33. The molecule has 2 aliphatic rings. The number of ether oxygens (including phenoxy) is 1. The van der Waals surface area contributed by atoms with E-state index in [1.807, 2.05) is 0 Å². The highest BCUT2D eigenvalue weighted by molar-refractivity contribution is 7.71. The number of nitrogens with zero attached hydrogens (tertiary/aromatic N) is 3. The van der Waals surface area contributed by atoms with E-state index in [9.17, 15) is 33.7 Å². The molecule has 0 amide bonds. The van der Waals surface area contributed by atoms with Gasteiger partial charge < -0.3 is 51.8 Å². The van der Waals surface area contributed by atoms with E-state index in [-0.39, 0.29) is 17.3 Å². The van der Waals surface area contributed by atoms with Gasteiger partial charge in [-0.2, -0.15) is 4.31 Å². The van der Waals surface area contributed by atoms with E-state index in [0.29, 0.717) is 43.4 Å². The van der Waals surface area contributed by atoms with Crippen molar-refractivity contribution in [2.45, 2.75) is 37.4 Å². The molecule has 0 saturated carbocycles. The summed E-state index contributed by atoms with van der Waals surface area (Å²) in [5, 5.41) is 27.1. The Morgan fingerprint density at radius 1 is 1.28 bits per heavy atom. The SMILES string of the molecule is NC(N)=NCCCCNc1nc(=S)c2c([nH]1)N(C1O[C@H](COP(=O)(O)OP(=O)(O)O[P+](=O)O)[C@H](O)C1O)CN2. The molecule has 1 aromatic rings. The number of nitrogens with one attached hydrogen (secondary N) is 3. The molecular weight excluding hydrogens is 609 g/mol. The first-order chi connectivity index (χ1) is 18.2. The third kappa shape index (κ3) is 8.83. The summed E-state index contributed by atoms with van der Waals surface area (Å²) in [6.45, 7) is 0.164. The maximum absolute atomic E-state index is 12.0. The molecule has 39 heavy (non-hydrogen) atoms. The van der Waals surface area contributed by atoms with E-state index in [2.05, 4.69) is 38.7 Å². The predicted octanol–water partition coefficient (Wildman–Crippen LogP) is -0.859. The lowest BCUT2D eigenvalue weighted by Crippen LogP contribution is -2.44. The number of fused-ring (bicyclic) bond motifs is 1. The molecule has 0 spiro atoms. The molecule has 5 unspecified atom stereocenters. The number of aliphatic imine (C=N–C) groups is 1. The molecule has 20 nitrogen and oxygen atoms in total. The van der Waals surface area contributed by atoms with E-state index < -0.39 is 55.0 Å². The van der Waals surface area contributed by atoms with Gasteiger partial charge in [-0.05, 0) is 17.2 Å². The number of aromatic nitrogens is 2. The van der Waals surface area contributed by atoms with Crippen LogP contribution in [-0.4, -0.2) is 91.7 Å². The van der Waals surface area contributed by atoms with E-state index in [1.165, 1.54) is 4.90 Å². The Labute approximate surface area is 226 Å². The average molecular weight is 637 g/mol. The zero-order chi connectivity index (χ0) is 29.0. The minimum Gasteiger partial charge on any atom is -0.387 e. The number of phosphoric ester groups is 1. The van der Waals surface area contributed by atoms with Gasteiger partial charge in [0.15, 0.2) is 16.8 Å². The monoisotopic (exact) mass is 637 g/mol. The van der Waals surface area contributed by atoms with Crippen LogP contribution in [0.5, 0.6) is 0 Å². The fourth-order valence-electron chi connectivity index (χ4n) is 3.58. The first kappa shape index (κ1) is 31.7. The largest absolute Gasteiger partial charge is 0.705 e. The van der Waals surface area contributed by atoms with Gasteiger partial charge in [0.05, 0.1) is 13.3 Å². The smallest absolute Gasteiger partial charge is 0.387 e. The number of nitrogens with two attached hydrogens (primary N) is 2. The van der Waals surface area contributed by atoms with Crippen molar-refractivity contribution in [2.24, 2.45) is 16.5 Å². The number of phosphoric acid groups is 2. The number of aromatic amines is 1. The number of aliphatic hydroxyl groups is 2. The Hall–Kier alpha value is -1.83. The van der Waals surface area contributed by atoms with Crippen LogP contribution in [0.4, 0.5) is 17.5 Å². The Bertz CT molecular complexity index is 1230. The van der Waals surface area contributed by atoms with Crippen LogP contribution >= 0.6 is 36.1 Å². The molecule has 0 aliphatic carbocycles. The van der Waals surface area contributed by atoms with Gasteiger partial charge in [-0.25, -0.2) is 14.1 Å². The van der Waals surface area contributed by atoms with E-state index >= 15 is 0 Å². The van der Waals surface area contributed by atoms with Crippen molar-refractivity contribution < 1.29 is 56.5 Å². The van der Waals surface area contributed by atoms with E-state index in [0.717, 1.165) is 0 Å². The Kier molecular flexibility index (Phi) is 10.7. The van der Waals surface area contributed by atoms with Gasteiger partial charge in [0.2, 0.25) is 5.95 Å². The topological polar surface area (TPSA) is 310 Å². The number of rotatable bonds is 14. The van der Waals surface area contributed by atoms with Crippen molar-refractivity contribution in [1.82, 2.24) is 9.97 Å². The summed E-state index contributed by atoms with van der Waals surface area (Å²) in [5.41, 5.74) is 11.0. The van der Waals surface area contributed by atoms with Gasteiger partial charge in [-0.1, -0.05) is 12.2 Å². The third-order valence-corrected chi connectivity index (χ3v) is 9.02. The van der Waals surface area contributed by atoms with Gasteiger partial charge in [0.25, 0.3) is 0 Å². The standard InChI is InChI=1S/C15H27N8O12P3S/c16-14(17)18-3-1-2-4-19-15-21-11-8(12(39)22-15)20-6-23(11)13-10(25)9(24)7(33-13)5-32-37(28,29)35-38(30,31)34-36(26)27/h7,9-10,13,20,24-25H,1-6H2,(H8-,16,17,18,19,21,22,26,27,28,29,30,31,39)/p+1/t7-,9+,10?,13?/m1/s1. The number of hydrogen-bond acceptors (Lipinski definition) is 15.